The van der Waals surface area contributed by atoms with Gasteiger partial charge in [0.2, 0.25) is 5.91 Å². The van der Waals surface area contributed by atoms with Crippen molar-refractivity contribution in [1.82, 2.24) is 9.80 Å². The molecular weight excluding hydrogens is 601 g/mol. The van der Waals surface area contributed by atoms with E-state index >= 15 is 0 Å². The van der Waals surface area contributed by atoms with Crippen molar-refractivity contribution in [3.63, 3.8) is 0 Å². The number of methoxy groups -OCH3 is 2. The zero-order chi connectivity index (χ0) is 30.4. The number of halogens is 2. The number of nitrogens with zero attached hydrogens (tertiary/aromatic N) is 3. The number of likely N-dealkylation sites (N-methyl/N-ethyl adjacent to an activating group) is 1. The van der Waals surface area contributed by atoms with Crippen molar-refractivity contribution in [1.29, 1.82) is 0 Å². The molecule has 2 unspecified atom stereocenters. The lowest BCUT2D eigenvalue weighted by Crippen LogP contribution is -2.59. The molecule has 0 radical (unpaired) electrons. The highest BCUT2D eigenvalue weighted by atomic mass is 35.5. The van der Waals surface area contributed by atoms with Crippen LogP contribution in [0.3, 0.4) is 0 Å². The van der Waals surface area contributed by atoms with Gasteiger partial charge in [0, 0.05) is 40.3 Å². The Bertz CT molecular complexity index is 1610. The minimum absolute atomic E-state index is 0.117. The van der Waals surface area contributed by atoms with Crippen molar-refractivity contribution >= 4 is 44.8 Å². The Morgan fingerprint density at radius 2 is 1.64 bits per heavy atom. The average Bonchev–Trinajstić information content (AvgIpc) is 3.25. The summed E-state index contributed by atoms with van der Waals surface area (Å²) < 4.78 is 40.8. The zero-order valence-electron chi connectivity index (χ0n) is 23.8. The van der Waals surface area contributed by atoms with E-state index in [2.05, 4.69) is 4.90 Å². The molecule has 42 heavy (non-hydrogen) atoms. The molecule has 0 aromatic heterocycles. The molecule has 2 atom stereocenters. The Morgan fingerprint density at radius 3 is 2.29 bits per heavy atom. The van der Waals surface area contributed by atoms with E-state index in [1.807, 2.05) is 7.05 Å². The number of carbonyl (C=O) groups excluding carboxylic acids is 1. The molecule has 2 aliphatic heterocycles. The number of likely N-dealkylation sites (tertiary alicyclic amines) is 1. The van der Waals surface area contributed by atoms with E-state index in [1.54, 1.807) is 36.2 Å². The summed E-state index contributed by atoms with van der Waals surface area (Å²) in [5, 5.41) is 13.2. The average molecular weight is 635 g/mol. The lowest BCUT2D eigenvalue weighted by molar-refractivity contribution is -0.138. The molecule has 1 fully saturated rings. The number of sulfonamides is 1. The van der Waals surface area contributed by atoms with E-state index in [-0.39, 0.29) is 43.5 Å². The maximum absolute atomic E-state index is 14.6. The minimum Gasteiger partial charge on any atom is -0.493 e. The summed E-state index contributed by atoms with van der Waals surface area (Å²) in [6, 6.07) is 13.5. The molecule has 224 valence electrons. The molecule has 0 spiro atoms. The van der Waals surface area contributed by atoms with Crippen LogP contribution in [-0.4, -0.2) is 82.7 Å². The summed E-state index contributed by atoms with van der Waals surface area (Å²) in [6.45, 7) is 1.57. The highest BCUT2D eigenvalue weighted by molar-refractivity contribution is 7.93. The van der Waals surface area contributed by atoms with Gasteiger partial charge in [-0.25, -0.2) is 12.7 Å². The van der Waals surface area contributed by atoms with Gasteiger partial charge in [-0.3, -0.25) is 4.79 Å². The van der Waals surface area contributed by atoms with Gasteiger partial charge in [-0.15, -0.1) is 0 Å². The second-order valence-electron chi connectivity index (χ2n) is 10.6. The Hall–Kier alpha value is -3.02. The van der Waals surface area contributed by atoms with Gasteiger partial charge in [0.25, 0.3) is 10.0 Å². The minimum atomic E-state index is -4.49. The molecule has 3 aromatic carbocycles. The van der Waals surface area contributed by atoms with Crippen molar-refractivity contribution in [2.45, 2.75) is 35.4 Å². The van der Waals surface area contributed by atoms with E-state index in [4.69, 9.17) is 32.7 Å². The first-order valence-electron chi connectivity index (χ1n) is 13.4. The van der Waals surface area contributed by atoms with Crippen molar-refractivity contribution in [2.75, 3.05) is 45.7 Å². The van der Waals surface area contributed by atoms with Gasteiger partial charge in [0.1, 0.15) is 5.60 Å². The number of amides is 1. The third-order valence-corrected chi connectivity index (χ3v) is 10.6. The monoisotopic (exact) mass is 633 g/mol. The van der Waals surface area contributed by atoms with Crippen molar-refractivity contribution < 1.29 is 27.8 Å². The number of hydrogen-bond acceptors (Lipinski definition) is 7. The largest absolute Gasteiger partial charge is 0.493 e. The van der Waals surface area contributed by atoms with Gasteiger partial charge >= 0.3 is 0 Å². The summed E-state index contributed by atoms with van der Waals surface area (Å²) in [4.78, 5) is 18.2. The molecule has 2 heterocycles. The van der Waals surface area contributed by atoms with Gasteiger partial charge in [-0.05, 0) is 69.4 Å². The zero-order valence-corrected chi connectivity index (χ0v) is 26.1. The molecular formula is C30H33Cl2N3O6S. The van der Waals surface area contributed by atoms with Crippen LogP contribution in [0, 0.1) is 0 Å². The number of carbonyl (C=O) groups is 1. The molecule has 9 nitrogen and oxygen atoms in total. The first-order chi connectivity index (χ1) is 19.9. The fourth-order valence-corrected chi connectivity index (χ4v) is 8.03. The van der Waals surface area contributed by atoms with Crippen LogP contribution in [0.2, 0.25) is 10.0 Å². The van der Waals surface area contributed by atoms with Crippen LogP contribution in [0.25, 0.3) is 0 Å². The second-order valence-corrected chi connectivity index (χ2v) is 13.3. The predicted octanol–water partition coefficient (Wildman–Crippen LogP) is 4.38. The second kappa shape index (κ2) is 11.6. The summed E-state index contributed by atoms with van der Waals surface area (Å²) in [7, 11) is 2.04. The number of piperidine rings is 1. The van der Waals surface area contributed by atoms with Gasteiger partial charge < -0.3 is 24.4 Å². The van der Waals surface area contributed by atoms with Crippen LogP contribution < -0.4 is 13.8 Å². The summed E-state index contributed by atoms with van der Waals surface area (Å²) in [5.41, 5.74) is -1.71. The van der Waals surface area contributed by atoms with Crippen molar-refractivity contribution in [2.24, 2.45) is 0 Å². The van der Waals surface area contributed by atoms with Crippen LogP contribution in [0.4, 0.5) is 5.69 Å². The van der Waals surface area contributed by atoms with E-state index < -0.39 is 27.6 Å². The normalized spacial score (nSPS) is 21.2. The maximum atomic E-state index is 14.6. The Kier molecular flexibility index (Phi) is 8.39. The van der Waals surface area contributed by atoms with E-state index in [1.165, 1.54) is 50.6 Å². The van der Waals surface area contributed by atoms with Crippen LogP contribution in [0.5, 0.6) is 11.5 Å². The van der Waals surface area contributed by atoms with Gasteiger partial charge in [0.05, 0.1) is 24.8 Å². The molecule has 2 aliphatic rings. The SMILES string of the molecule is COc1ccc(S(=O)(=O)N2c3ccc(Cl)cc3C(O)(c3ccccc3Cl)C2C(=O)N(C)C2CCN(C)CC2)cc1OC. The summed E-state index contributed by atoms with van der Waals surface area (Å²) in [5.74, 6) is -0.0302. The number of hydrogen-bond donors (Lipinski definition) is 1. The molecule has 12 heteroatoms. The number of rotatable bonds is 7. The summed E-state index contributed by atoms with van der Waals surface area (Å²) >= 11 is 13.1. The molecule has 1 amide bonds. The van der Waals surface area contributed by atoms with Crippen LogP contribution in [0.1, 0.15) is 24.0 Å². The number of aliphatic hydroxyl groups is 1. The van der Waals surface area contributed by atoms with Crippen molar-refractivity contribution in [3.05, 3.63) is 81.8 Å². The Balaban J connectivity index is 1.75. The lowest BCUT2D eigenvalue weighted by Gasteiger charge is -2.41. The highest BCUT2D eigenvalue weighted by Gasteiger charge is 2.60. The first-order valence-corrected chi connectivity index (χ1v) is 15.6. The molecule has 1 N–H and O–H groups in total. The van der Waals surface area contributed by atoms with Crippen LogP contribution >= 0.6 is 23.2 Å². The molecule has 0 saturated carbocycles. The highest BCUT2D eigenvalue weighted by Crippen LogP contribution is 2.53. The smallest absolute Gasteiger partial charge is 0.265 e. The van der Waals surface area contributed by atoms with Crippen molar-refractivity contribution in [3.8, 4) is 11.5 Å². The quantitative estimate of drug-likeness (QED) is 0.412. The van der Waals surface area contributed by atoms with Gasteiger partial charge in [0.15, 0.2) is 17.5 Å². The maximum Gasteiger partial charge on any atom is 0.265 e. The summed E-state index contributed by atoms with van der Waals surface area (Å²) in [6.07, 6.45) is 1.41. The fraction of sp³-hybridized carbons (Fsp3) is 0.367. The topological polar surface area (TPSA) is 99.6 Å². The van der Waals surface area contributed by atoms with E-state index in [9.17, 15) is 18.3 Å². The molecule has 1 saturated heterocycles. The first kappa shape index (κ1) is 30.4. The number of ether oxygens (including phenoxy) is 2. The van der Waals surface area contributed by atoms with Gasteiger partial charge in [-0.1, -0.05) is 41.4 Å². The number of benzene rings is 3. The third-order valence-electron chi connectivity index (χ3n) is 8.25. The van der Waals surface area contributed by atoms with Crippen LogP contribution in [0.15, 0.2) is 65.6 Å². The Morgan fingerprint density at radius 1 is 0.976 bits per heavy atom. The van der Waals surface area contributed by atoms with Gasteiger partial charge in [-0.2, -0.15) is 0 Å². The Labute approximate surface area is 256 Å². The van der Waals surface area contributed by atoms with E-state index in [0.717, 1.165) is 17.4 Å². The predicted molar refractivity (Wildman–Crippen MR) is 162 cm³/mol. The van der Waals surface area contributed by atoms with Crippen LogP contribution in [-0.2, 0) is 20.4 Å². The molecule has 3 aromatic rings. The third kappa shape index (κ3) is 4.99. The lowest BCUT2D eigenvalue weighted by atomic mass is 9.82. The number of anilines is 1. The van der Waals surface area contributed by atoms with E-state index in [0.29, 0.717) is 18.6 Å². The standard InChI is InChI=1S/C30H33Cl2N3O6S/c1-33-15-13-20(14-16-33)34(2)29(36)28-30(37,22-7-5-6-8-24(22)32)23-17-19(31)9-11-25(23)35(28)42(38,39)21-10-12-26(40-3)27(18-21)41-4/h5-12,17-18,20,28,37H,13-16H2,1-4H3. The molecule has 0 bridgehead atoms. The number of fused-ring (bicyclic) bond motifs is 1. The molecule has 0 aliphatic carbocycles. The molecule has 5 rings (SSSR count). The fourth-order valence-electron chi connectivity index (χ4n) is 5.92.